The Morgan fingerprint density at radius 1 is 1.62 bits per heavy atom. The van der Waals surface area contributed by atoms with Crippen LogP contribution >= 0.6 is 11.1 Å². The summed E-state index contributed by atoms with van der Waals surface area (Å²) in [6, 6.07) is 2.98. The van der Waals surface area contributed by atoms with Gasteiger partial charge in [0.25, 0.3) is 0 Å². The second-order valence-corrected chi connectivity index (χ2v) is 9.38. The van der Waals surface area contributed by atoms with Gasteiger partial charge in [-0.25, -0.2) is 0 Å². The van der Waals surface area contributed by atoms with Gasteiger partial charge in [0.1, 0.15) is 0 Å². The van der Waals surface area contributed by atoms with Crippen LogP contribution in [0.3, 0.4) is 0 Å². The van der Waals surface area contributed by atoms with Crippen molar-refractivity contribution in [3.63, 3.8) is 0 Å². The van der Waals surface area contributed by atoms with Crippen LogP contribution in [0.2, 0.25) is 19.1 Å². The van der Waals surface area contributed by atoms with Crippen LogP contribution in [0.25, 0.3) is 0 Å². The zero-order valence-corrected chi connectivity index (χ0v) is 7.00. The molecule has 0 aliphatic heterocycles. The number of nitrogens with zero attached hydrogens (tertiary/aromatic N) is 1. The van der Waals surface area contributed by atoms with Gasteiger partial charge in [-0.1, -0.05) is 13.1 Å². The Balaban J connectivity index is 3.28. The molecule has 0 atom stereocenters. The van der Waals surface area contributed by atoms with Crippen molar-refractivity contribution in [3.05, 3.63) is 0 Å². The third kappa shape index (κ3) is 6.00. The molecule has 3 heteroatoms. The second kappa shape index (κ2) is 3.11. The van der Waals surface area contributed by atoms with E-state index in [2.05, 4.69) is 6.07 Å². The maximum absolute atomic E-state index is 8.14. The summed E-state index contributed by atoms with van der Waals surface area (Å²) in [7, 11) is -1.43. The Labute approximate surface area is 56.0 Å². The Bertz CT molecular complexity index is 100.0. The fourth-order valence-corrected chi connectivity index (χ4v) is 1.34. The van der Waals surface area contributed by atoms with Crippen LogP contribution in [0.5, 0.6) is 0 Å². The van der Waals surface area contributed by atoms with Gasteiger partial charge in [-0.15, -0.1) is 0 Å². The molecule has 0 aliphatic rings. The van der Waals surface area contributed by atoms with Crippen LogP contribution in [-0.2, 0) is 0 Å². The van der Waals surface area contributed by atoms with E-state index < -0.39 is 7.38 Å². The maximum Gasteiger partial charge on any atom is 0.151 e. The summed E-state index contributed by atoms with van der Waals surface area (Å²) in [4.78, 5) is 0. The second-order valence-electron chi connectivity index (χ2n) is 2.38. The van der Waals surface area contributed by atoms with E-state index in [9.17, 15) is 0 Å². The number of hydrogen-bond acceptors (Lipinski definition) is 1. The molecule has 0 radical (unpaired) electrons. The van der Waals surface area contributed by atoms with Crippen molar-refractivity contribution >= 4 is 18.5 Å². The van der Waals surface area contributed by atoms with Crippen molar-refractivity contribution in [3.8, 4) is 6.07 Å². The molecule has 0 heterocycles. The molecule has 0 aliphatic carbocycles. The molecular weight excluding hydrogens is 138 g/mol. The van der Waals surface area contributed by atoms with Gasteiger partial charge in [0.2, 0.25) is 0 Å². The third-order valence-corrected chi connectivity index (χ3v) is 2.84. The largest absolute Gasteiger partial charge is 0.198 e. The average molecular weight is 148 g/mol. The number of halogens is 1. The van der Waals surface area contributed by atoms with E-state index in [0.29, 0.717) is 6.42 Å². The van der Waals surface area contributed by atoms with E-state index in [1.807, 2.05) is 13.1 Å². The molecule has 1 nitrogen and oxygen atoms in total. The van der Waals surface area contributed by atoms with Crippen LogP contribution in [0.4, 0.5) is 0 Å². The van der Waals surface area contributed by atoms with E-state index >= 15 is 0 Å². The van der Waals surface area contributed by atoms with Crippen LogP contribution < -0.4 is 0 Å². The topological polar surface area (TPSA) is 23.8 Å². The molecular formula is C5H10ClNSi. The van der Waals surface area contributed by atoms with Gasteiger partial charge in [0.15, 0.2) is 7.38 Å². The molecule has 46 valence electrons. The summed E-state index contributed by atoms with van der Waals surface area (Å²) in [5, 5.41) is 8.14. The lowest BCUT2D eigenvalue weighted by atomic mass is 10.6. The lowest BCUT2D eigenvalue weighted by Crippen LogP contribution is -2.14. The van der Waals surface area contributed by atoms with E-state index in [1.54, 1.807) is 0 Å². The fraction of sp³-hybridized carbons (Fsp3) is 0.800. The first-order chi connectivity index (χ1) is 3.56. The summed E-state index contributed by atoms with van der Waals surface area (Å²) in [5.74, 6) is 0. The first-order valence-corrected chi connectivity index (χ1v) is 6.84. The zero-order valence-electron chi connectivity index (χ0n) is 5.24. The predicted molar refractivity (Wildman–Crippen MR) is 38.4 cm³/mol. The standard InChI is InChI=1S/C5H10ClNSi/c1-8(2,6)5-3-4-7/h3,5H2,1-2H3. The molecule has 0 saturated heterocycles. The van der Waals surface area contributed by atoms with E-state index in [-0.39, 0.29) is 0 Å². The monoisotopic (exact) mass is 147 g/mol. The highest BCUT2D eigenvalue weighted by Gasteiger charge is 2.14. The van der Waals surface area contributed by atoms with Crippen LogP contribution in [0, 0.1) is 11.3 Å². The zero-order chi connectivity index (χ0) is 6.62. The van der Waals surface area contributed by atoms with Gasteiger partial charge in [-0.3, -0.25) is 0 Å². The minimum absolute atomic E-state index is 0.614. The van der Waals surface area contributed by atoms with Crippen molar-refractivity contribution in [2.75, 3.05) is 0 Å². The molecule has 0 unspecified atom stereocenters. The van der Waals surface area contributed by atoms with Crippen molar-refractivity contribution in [1.82, 2.24) is 0 Å². The SMILES string of the molecule is C[Si](C)(Cl)CCC#N. The summed E-state index contributed by atoms with van der Waals surface area (Å²) in [6.45, 7) is 4.10. The quantitative estimate of drug-likeness (QED) is 0.435. The highest BCUT2D eigenvalue weighted by molar-refractivity contribution is 7.19. The van der Waals surface area contributed by atoms with Gasteiger partial charge < -0.3 is 0 Å². The van der Waals surface area contributed by atoms with Crippen LogP contribution in [0.15, 0.2) is 0 Å². The van der Waals surface area contributed by atoms with Crippen LogP contribution in [-0.4, -0.2) is 7.38 Å². The first kappa shape index (κ1) is 8.00. The van der Waals surface area contributed by atoms with Crippen molar-refractivity contribution in [2.24, 2.45) is 0 Å². The Kier molecular flexibility index (Phi) is 3.11. The fourth-order valence-electron chi connectivity index (χ4n) is 0.353. The van der Waals surface area contributed by atoms with E-state index in [4.69, 9.17) is 16.3 Å². The maximum atomic E-state index is 8.14. The predicted octanol–water partition coefficient (Wildman–Crippen LogP) is 2.34. The van der Waals surface area contributed by atoms with E-state index in [1.165, 1.54) is 0 Å². The molecule has 0 fully saturated rings. The highest BCUT2D eigenvalue weighted by atomic mass is 35.6. The molecule has 0 amide bonds. The normalized spacial score (nSPS) is 10.8. The lowest BCUT2D eigenvalue weighted by Gasteiger charge is -2.07. The summed E-state index contributed by atoms with van der Waals surface area (Å²) in [6.07, 6.45) is 0.614. The number of hydrogen-bond donors (Lipinski definition) is 0. The molecule has 0 saturated carbocycles. The Morgan fingerprint density at radius 2 is 2.12 bits per heavy atom. The lowest BCUT2D eigenvalue weighted by molar-refractivity contribution is 1.18. The summed E-state index contributed by atoms with van der Waals surface area (Å²) in [5.41, 5.74) is 0. The van der Waals surface area contributed by atoms with Crippen molar-refractivity contribution in [1.29, 1.82) is 5.26 Å². The van der Waals surface area contributed by atoms with Gasteiger partial charge >= 0.3 is 0 Å². The number of rotatable bonds is 2. The summed E-state index contributed by atoms with van der Waals surface area (Å²) < 4.78 is 0. The molecule has 0 aromatic carbocycles. The molecule has 0 N–H and O–H groups in total. The van der Waals surface area contributed by atoms with Crippen molar-refractivity contribution < 1.29 is 0 Å². The highest BCUT2D eigenvalue weighted by Crippen LogP contribution is 2.14. The van der Waals surface area contributed by atoms with Crippen LogP contribution in [0.1, 0.15) is 6.42 Å². The third-order valence-electron chi connectivity index (χ3n) is 0.831. The molecule has 0 spiro atoms. The van der Waals surface area contributed by atoms with Crippen molar-refractivity contribution in [2.45, 2.75) is 25.6 Å². The average Bonchev–Trinajstić information content (AvgIpc) is 1.59. The van der Waals surface area contributed by atoms with E-state index in [0.717, 1.165) is 6.04 Å². The minimum atomic E-state index is -1.43. The van der Waals surface area contributed by atoms with Gasteiger partial charge in [-0.05, 0) is 6.04 Å². The smallest absolute Gasteiger partial charge is 0.151 e. The van der Waals surface area contributed by atoms with Gasteiger partial charge in [0, 0.05) is 6.42 Å². The molecule has 0 rings (SSSR count). The summed E-state index contributed by atoms with van der Waals surface area (Å²) >= 11 is 5.90. The minimum Gasteiger partial charge on any atom is -0.198 e. The molecule has 8 heavy (non-hydrogen) atoms. The first-order valence-electron chi connectivity index (χ1n) is 2.62. The molecule has 0 aromatic heterocycles. The number of nitriles is 1. The van der Waals surface area contributed by atoms with Gasteiger partial charge in [-0.2, -0.15) is 16.3 Å². The molecule has 0 bridgehead atoms. The Morgan fingerprint density at radius 3 is 2.25 bits per heavy atom. The Hall–Kier alpha value is -0.00312. The van der Waals surface area contributed by atoms with Gasteiger partial charge in [0.05, 0.1) is 6.07 Å². The molecule has 0 aromatic rings.